The summed E-state index contributed by atoms with van der Waals surface area (Å²) in [7, 11) is 0. The first-order valence-corrected chi connectivity index (χ1v) is 3.50. The van der Waals surface area contributed by atoms with Gasteiger partial charge in [-0.1, -0.05) is 0 Å². The SMILES string of the molecule is Cc1nnc(N)n2c(C)nnc12. The van der Waals surface area contributed by atoms with Crippen LogP contribution in [0, 0.1) is 13.8 Å². The van der Waals surface area contributed by atoms with E-state index in [0.29, 0.717) is 11.6 Å². The molecule has 0 atom stereocenters. The standard InChI is InChI=1S/C6H8N6/c1-3-5-10-9-4(2)12(5)6(7)11-8-3/h1-2H3,(H2,7,11). The average Bonchev–Trinajstić information content (AvgIpc) is 2.42. The number of fused-ring (bicyclic) bond motifs is 1. The molecule has 2 N–H and O–H groups in total. The van der Waals surface area contributed by atoms with E-state index in [9.17, 15) is 0 Å². The molecular formula is C6H8N6. The Balaban J connectivity index is 2.98. The van der Waals surface area contributed by atoms with E-state index in [0.717, 1.165) is 11.5 Å². The largest absolute Gasteiger partial charge is 0.368 e. The van der Waals surface area contributed by atoms with Gasteiger partial charge in [-0.2, -0.15) is 0 Å². The van der Waals surface area contributed by atoms with Gasteiger partial charge in [0.25, 0.3) is 0 Å². The highest BCUT2D eigenvalue weighted by molar-refractivity contribution is 5.46. The molecule has 0 saturated heterocycles. The van der Waals surface area contributed by atoms with Crippen molar-refractivity contribution in [2.75, 3.05) is 5.73 Å². The number of anilines is 1. The van der Waals surface area contributed by atoms with Crippen molar-refractivity contribution in [2.45, 2.75) is 13.8 Å². The van der Waals surface area contributed by atoms with Crippen molar-refractivity contribution in [1.82, 2.24) is 24.8 Å². The lowest BCUT2D eigenvalue weighted by atomic mass is 10.5. The molecule has 0 aliphatic rings. The van der Waals surface area contributed by atoms with E-state index >= 15 is 0 Å². The molecule has 0 amide bonds. The van der Waals surface area contributed by atoms with Crippen molar-refractivity contribution in [1.29, 1.82) is 0 Å². The van der Waals surface area contributed by atoms with Gasteiger partial charge in [-0.05, 0) is 13.8 Å². The predicted octanol–water partition coefficient (Wildman–Crippen LogP) is -0.282. The molecule has 0 aliphatic heterocycles. The molecule has 62 valence electrons. The van der Waals surface area contributed by atoms with Crippen LogP contribution in [0.25, 0.3) is 5.65 Å². The van der Waals surface area contributed by atoms with Gasteiger partial charge in [0.15, 0.2) is 5.65 Å². The van der Waals surface area contributed by atoms with E-state index in [4.69, 9.17) is 5.73 Å². The average molecular weight is 164 g/mol. The van der Waals surface area contributed by atoms with Crippen LogP contribution >= 0.6 is 0 Å². The Labute approximate surface area is 68.4 Å². The summed E-state index contributed by atoms with van der Waals surface area (Å²) < 4.78 is 1.67. The molecule has 0 bridgehead atoms. The summed E-state index contributed by atoms with van der Waals surface area (Å²) >= 11 is 0. The highest BCUT2D eigenvalue weighted by Crippen LogP contribution is 2.08. The van der Waals surface area contributed by atoms with Crippen molar-refractivity contribution in [3.05, 3.63) is 11.5 Å². The van der Waals surface area contributed by atoms with Crippen LogP contribution in [0.5, 0.6) is 0 Å². The van der Waals surface area contributed by atoms with E-state index in [1.54, 1.807) is 4.40 Å². The Morgan fingerprint density at radius 2 is 1.83 bits per heavy atom. The van der Waals surface area contributed by atoms with Crippen molar-refractivity contribution in [2.24, 2.45) is 0 Å². The summed E-state index contributed by atoms with van der Waals surface area (Å²) in [6.45, 7) is 3.63. The molecular weight excluding hydrogens is 156 g/mol. The molecule has 6 nitrogen and oxygen atoms in total. The first-order chi connectivity index (χ1) is 5.70. The summed E-state index contributed by atoms with van der Waals surface area (Å²) in [5.74, 6) is 1.04. The number of hydrogen-bond acceptors (Lipinski definition) is 5. The molecule has 0 fully saturated rings. The lowest BCUT2D eigenvalue weighted by Crippen LogP contribution is -2.05. The van der Waals surface area contributed by atoms with Gasteiger partial charge in [0.1, 0.15) is 11.5 Å². The van der Waals surface area contributed by atoms with Crippen LogP contribution in [0.2, 0.25) is 0 Å². The molecule has 0 radical (unpaired) electrons. The van der Waals surface area contributed by atoms with Gasteiger partial charge in [0.2, 0.25) is 5.95 Å². The third-order valence-corrected chi connectivity index (χ3v) is 1.68. The van der Waals surface area contributed by atoms with Crippen molar-refractivity contribution in [3.63, 3.8) is 0 Å². The molecule has 0 spiro atoms. The van der Waals surface area contributed by atoms with Gasteiger partial charge in [-0.15, -0.1) is 20.4 Å². The monoisotopic (exact) mass is 164 g/mol. The molecule has 12 heavy (non-hydrogen) atoms. The zero-order valence-corrected chi connectivity index (χ0v) is 6.81. The second kappa shape index (κ2) is 2.13. The maximum Gasteiger partial charge on any atom is 0.227 e. The zero-order valence-electron chi connectivity index (χ0n) is 6.81. The van der Waals surface area contributed by atoms with E-state index in [-0.39, 0.29) is 0 Å². The van der Waals surface area contributed by atoms with Gasteiger partial charge in [0, 0.05) is 0 Å². The van der Waals surface area contributed by atoms with E-state index in [2.05, 4.69) is 20.4 Å². The second-order valence-corrected chi connectivity index (χ2v) is 2.55. The molecule has 2 heterocycles. The second-order valence-electron chi connectivity index (χ2n) is 2.55. The topological polar surface area (TPSA) is 82.0 Å². The minimum absolute atomic E-state index is 0.318. The fourth-order valence-electron chi connectivity index (χ4n) is 1.09. The number of nitrogens with zero attached hydrogens (tertiary/aromatic N) is 5. The van der Waals surface area contributed by atoms with Gasteiger partial charge in [-0.3, -0.25) is 0 Å². The van der Waals surface area contributed by atoms with Crippen LogP contribution in [0.3, 0.4) is 0 Å². The third-order valence-electron chi connectivity index (χ3n) is 1.68. The minimum Gasteiger partial charge on any atom is -0.368 e. The molecule has 2 rings (SSSR count). The molecule has 6 heteroatoms. The number of aromatic nitrogens is 5. The summed E-state index contributed by atoms with van der Waals surface area (Å²) in [4.78, 5) is 0. The Morgan fingerprint density at radius 3 is 2.50 bits per heavy atom. The number of hydrogen-bond donors (Lipinski definition) is 1. The Morgan fingerprint density at radius 1 is 1.08 bits per heavy atom. The lowest BCUT2D eigenvalue weighted by Gasteiger charge is -1.98. The predicted molar refractivity (Wildman–Crippen MR) is 42.5 cm³/mol. The van der Waals surface area contributed by atoms with Crippen molar-refractivity contribution >= 4 is 11.6 Å². The van der Waals surface area contributed by atoms with Crippen molar-refractivity contribution in [3.8, 4) is 0 Å². The van der Waals surface area contributed by atoms with Crippen LogP contribution in [0.15, 0.2) is 0 Å². The van der Waals surface area contributed by atoms with Crippen LogP contribution in [-0.4, -0.2) is 24.8 Å². The number of nitrogens with two attached hydrogens (primary N) is 1. The first kappa shape index (κ1) is 6.96. The normalized spacial score (nSPS) is 10.8. The number of aryl methyl sites for hydroxylation is 2. The summed E-state index contributed by atoms with van der Waals surface area (Å²) in [5, 5.41) is 15.4. The fraction of sp³-hybridized carbons (Fsp3) is 0.333. The molecule has 0 aliphatic carbocycles. The zero-order chi connectivity index (χ0) is 8.72. The quantitative estimate of drug-likeness (QED) is 0.579. The number of rotatable bonds is 0. The van der Waals surface area contributed by atoms with Crippen LogP contribution in [-0.2, 0) is 0 Å². The summed E-state index contributed by atoms with van der Waals surface area (Å²) in [5.41, 5.74) is 6.97. The molecule has 0 saturated carbocycles. The molecule has 2 aromatic rings. The highest BCUT2D eigenvalue weighted by atomic mass is 15.3. The highest BCUT2D eigenvalue weighted by Gasteiger charge is 2.07. The summed E-state index contributed by atoms with van der Waals surface area (Å²) in [6.07, 6.45) is 0. The first-order valence-electron chi connectivity index (χ1n) is 3.50. The number of nitrogen functional groups attached to an aromatic ring is 1. The smallest absolute Gasteiger partial charge is 0.227 e. The van der Waals surface area contributed by atoms with E-state index in [1.807, 2.05) is 13.8 Å². The molecule has 0 unspecified atom stereocenters. The van der Waals surface area contributed by atoms with Gasteiger partial charge >= 0.3 is 0 Å². The lowest BCUT2D eigenvalue weighted by molar-refractivity contribution is 0.909. The van der Waals surface area contributed by atoms with Crippen molar-refractivity contribution < 1.29 is 0 Å². The van der Waals surface area contributed by atoms with Gasteiger partial charge in [-0.25, -0.2) is 4.40 Å². The summed E-state index contributed by atoms with van der Waals surface area (Å²) in [6, 6.07) is 0. The Bertz CT molecular complexity index is 431. The van der Waals surface area contributed by atoms with Gasteiger partial charge in [0.05, 0.1) is 0 Å². The van der Waals surface area contributed by atoms with Crippen LogP contribution in [0.1, 0.15) is 11.5 Å². The van der Waals surface area contributed by atoms with Crippen LogP contribution < -0.4 is 5.73 Å². The fourth-order valence-corrected chi connectivity index (χ4v) is 1.09. The third kappa shape index (κ3) is 0.744. The van der Waals surface area contributed by atoms with Crippen LogP contribution in [0.4, 0.5) is 5.95 Å². The maximum atomic E-state index is 5.58. The van der Waals surface area contributed by atoms with E-state index in [1.165, 1.54) is 0 Å². The Hall–Kier alpha value is -1.72. The Kier molecular flexibility index (Phi) is 1.24. The van der Waals surface area contributed by atoms with E-state index < -0.39 is 0 Å². The minimum atomic E-state index is 0.318. The maximum absolute atomic E-state index is 5.58. The molecule has 0 aromatic carbocycles. The molecule has 2 aromatic heterocycles. The van der Waals surface area contributed by atoms with Gasteiger partial charge < -0.3 is 5.73 Å².